The van der Waals surface area contributed by atoms with Crippen molar-refractivity contribution in [3.8, 4) is 45.4 Å². The van der Waals surface area contributed by atoms with Gasteiger partial charge in [0.1, 0.15) is 47.6 Å². The Morgan fingerprint density at radius 1 is 0.939 bits per heavy atom. The van der Waals surface area contributed by atoms with E-state index in [2.05, 4.69) is 41.0 Å². The normalized spacial score (nSPS) is 20.9. The van der Waals surface area contributed by atoms with Crippen molar-refractivity contribution in [1.82, 2.24) is 55.7 Å². The van der Waals surface area contributed by atoms with Crippen LogP contribution in [0.15, 0.2) is 85.3 Å². The second-order valence-corrected chi connectivity index (χ2v) is 22.5. The fourth-order valence-corrected chi connectivity index (χ4v) is 12.1. The number of nitrogens with two attached hydrogens (primary N) is 1. The Hall–Kier alpha value is -7.86. The standard InChI is InChI=1S/C59H64F3N13O7/c1-31(2)53(57(79)74-27-41(77)22-47(74)56(78)67-46(29-76)37-12-8-34(9-13-37)38-14-17-65-66-24-38)75-28-45(71-72-75)36-6-4-33(5-7-36)30-81-54-49(52-50(59(60,61)62)32(3)20-48(63)68-52)43(35-10-11-35)23-44-51(54)69-58(82-42-15-18-80-19-16-42)70-55(44)73-26-39-21-40(73)25-64-39/h4-9,12-14,17,20,23-24,28,31,35,39-42,46-47,53,64,76-77H,10-11,15-16,18-19,21-22,25-27,29-30H2,1-3H3,(H2,63,68)(H,67,78)/t39-,40-,41+,46-,47-,53-/m0/s1. The number of benzene rings is 3. The quantitative estimate of drug-likeness (QED) is 0.0622. The number of aryl methyl sites for hydroxylation is 1. The van der Waals surface area contributed by atoms with Gasteiger partial charge in [0.05, 0.1) is 61.8 Å². The molecule has 1 saturated carbocycles. The molecule has 4 aromatic heterocycles. The van der Waals surface area contributed by atoms with Crippen LogP contribution in [0.25, 0.3) is 44.5 Å². The predicted octanol–water partition coefficient (Wildman–Crippen LogP) is 6.89. The number of hydrogen-bond donors (Lipinski definition) is 5. The highest BCUT2D eigenvalue weighted by atomic mass is 19.4. The molecule has 20 nitrogen and oxygen atoms in total. The van der Waals surface area contributed by atoms with E-state index in [9.17, 15) is 19.8 Å². The fourth-order valence-electron chi connectivity index (χ4n) is 12.1. The Kier molecular flexibility index (Phi) is 15.0. The first-order chi connectivity index (χ1) is 39.6. The lowest BCUT2D eigenvalue weighted by atomic mass is 9.92. The molecule has 3 aromatic carbocycles. The number of nitrogens with one attached hydrogen (secondary N) is 2. The predicted molar refractivity (Wildman–Crippen MR) is 296 cm³/mol. The average Bonchev–Trinajstić information content (AvgIpc) is 3.94. The van der Waals surface area contributed by atoms with E-state index in [-0.39, 0.29) is 84.0 Å². The van der Waals surface area contributed by atoms with Crippen molar-refractivity contribution in [2.24, 2.45) is 5.92 Å². The molecule has 5 aliphatic rings. The lowest BCUT2D eigenvalue weighted by Crippen LogP contribution is -2.50. The SMILES string of the molecule is Cc1cc(N)nc(-c2c(C3CC3)cc3c(N4C[C@@H]5C[C@H]4CN5)nc(OC4CCOCC4)nc3c2OCc2ccc(-c3cn([C@H](C(=O)N4C[C@H](O)C[C@H]4C(=O)N[C@@H](CO)c4ccc(-c5ccnnc5)cc4)C(C)C)nn3)cc2)c1C(F)(F)F. The number of nitrogen functional groups attached to an aromatic ring is 1. The summed E-state index contributed by atoms with van der Waals surface area (Å²) in [5.41, 5.74) is 10.3. The lowest BCUT2D eigenvalue weighted by molar-refractivity contribution is -0.142. The van der Waals surface area contributed by atoms with Gasteiger partial charge in [-0.25, -0.2) is 9.67 Å². The number of carbonyl (C=O) groups excluding carboxylic acids is 2. The van der Waals surface area contributed by atoms with Crippen molar-refractivity contribution >= 4 is 34.4 Å². The summed E-state index contributed by atoms with van der Waals surface area (Å²) in [7, 11) is 0. The van der Waals surface area contributed by atoms with Gasteiger partial charge < -0.3 is 50.6 Å². The number of halogens is 3. The summed E-state index contributed by atoms with van der Waals surface area (Å²) in [6.07, 6.45) is 2.57. The molecule has 428 valence electrons. The van der Waals surface area contributed by atoms with Crippen molar-refractivity contribution in [2.45, 2.75) is 120 Å². The second kappa shape index (κ2) is 22.5. The highest BCUT2D eigenvalue weighted by Gasteiger charge is 2.45. The first-order valence-electron chi connectivity index (χ1n) is 28.0. The summed E-state index contributed by atoms with van der Waals surface area (Å²) in [6.45, 7) is 7.00. The van der Waals surface area contributed by atoms with Gasteiger partial charge in [-0.3, -0.25) is 9.59 Å². The number of β-amino-alcohol motifs (C(OH)–C–C–N with tert-alkyl or cyclic N) is 1. The minimum absolute atomic E-state index is 0.000852. The number of amides is 2. The summed E-state index contributed by atoms with van der Waals surface area (Å²) in [6, 6.07) is 17.4. The number of anilines is 2. The van der Waals surface area contributed by atoms with Crippen LogP contribution in [0.2, 0.25) is 0 Å². The molecule has 6 atom stereocenters. The van der Waals surface area contributed by atoms with Gasteiger partial charge in [0, 0.05) is 73.1 Å². The number of likely N-dealkylation sites (tertiary alicyclic amines) is 1. The van der Waals surface area contributed by atoms with Crippen LogP contribution in [0.5, 0.6) is 11.8 Å². The zero-order valence-corrected chi connectivity index (χ0v) is 45.6. The molecule has 0 unspecified atom stereocenters. The van der Waals surface area contributed by atoms with Crippen LogP contribution < -0.4 is 30.7 Å². The van der Waals surface area contributed by atoms with E-state index >= 15 is 13.2 Å². The number of nitrogens with zero attached hydrogens (tertiary/aromatic N) is 10. The molecule has 12 rings (SSSR count). The van der Waals surface area contributed by atoms with Gasteiger partial charge in [-0.05, 0) is 84.0 Å². The van der Waals surface area contributed by atoms with Crippen molar-refractivity contribution in [1.29, 1.82) is 0 Å². The zero-order chi connectivity index (χ0) is 57.0. The third-order valence-electron chi connectivity index (χ3n) is 16.4. The molecule has 82 heavy (non-hydrogen) atoms. The van der Waals surface area contributed by atoms with Crippen LogP contribution in [0.1, 0.15) is 98.2 Å². The summed E-state index contributed by atoms with van der Waals surface area (Å²) < 4.78 is 66.6. The van der Waals surface area contributed by atoms with E-state index in [1.165, 1.54) is 22.6 Å². The van der Waals surface area contributed by atoms with Crippen LogP contribution in [-0.4, -0.2) is 137 Å². The minimum atomic E-state index is -4.79. The smallest absolute Gasteiger partial charge is 0.418 e. The molecule has 4 aliphatic heterocycles. The number of aliphatic hydroxyl groups excluding tert-OH is 2. The summed E-state index contributed by atoms with van der Waals surface area (Å²) in [5.74, 6) is -0.662. The molecule has 2 amide bonds. The molecular weight excluding hydrogens is 1060 g/mol. The lowest BCUT2D eigenvalue weighted by Gasteiger charge is -2.31. The molecule has 0 radical (unpaired) electrons. The third-order valence-corrected chi connectivity index (χ3v) is 16.4. The van der Waals surface area contributed by atoms with E-state index in [0.717, 1.165) is 36.9 Å². The molecular formula is C59H64F3N13O7. The maximum atomic E-state index is 15.4. The van der Waals surface area contributed by atoms with Crippen LogP contribution in [-0.2, 0) is 27.1 Å². The number of piperazine rings is 1. The van der Waals surface area contributed by atoms with Crippen molar-refractivity contribution in [3.63, 3.8) is 0 Å². The first-order valence-corrected chi connectivity index (χ1v) is 28.0. The van der Waals surface area contributed by atoms with Gasteiger partial charge in [-0.2, -0.15) is 33.3 Å². The molecule has 6 N–H and O–H groups in total. The maximum Gasteiger partial charge on any atom is 0.418 e. The molecule has 2 bridgehead atoms. The number of fused-ring (bicyclic) bond motifs is 3. The van der Waals surface area contributed by atoms with Crippen LogP contribution in [0, 0.1) is 12.8 Å². The third kappa shape index (κ3) is 11.0. The topological polar surface area (TPSA) is 254 Å². The van der Waals surface area contributed by atoms with E-state index < -0.39 is 54.4 Å². The van der Waals surface area contributed by atoms with Crippen molar-refractivity contribution in [3.05, 3.63) is 113 Å². The van der Waals surface area contributed by atoms with E-state index in [1.807, 2.05) is 62.4 Å². The van der Waals surface area contributed by atoms with Crippen LogP contribution in [0.4, 0.5) is 24.8 Å². The van der Waals surface area contributed by atoms with Gasteiger partial charge in [-0.1, -0.05) is 67.6 Å². The Bertz CT molecular complexity index is 3490. The average molecular weight is 1120 g/mol. The molecule has 5 fully saturated rings. The summed E-state index contributed by atoms with van der Waals surface area (Å²) in [4.78, 5) is 46.8. The highest BCUT2D eigenvalue weighted by molar-refractivity contribution is 6.01. The van der Waals surface area contributed by atoms with E-state index in [1.54, 1.807) is 30.7 Å². The Morgan fingerprint density at radius 3 is 2.38 bits per heavy atom. The second-order valence-electron chi connectivity index (χ2n) is 22.5. The van der Waals surface area contributed by atoms with E-state index in [4.69, 9.17) is 29.9 Å². The molecule has 4 saturated heterocycles. The summed E-state index contributed by atoms with van der Waals surface area (Å²) in [5, 5.41) is 45.0. The maximum absolute atomic E-state index is 15.4. The van der Waals surface area contributed by atoms with E-state index in [0.29, 0.717) is 77.3 Å². The van der Waals surface area contributed by atoms with Gasteiger partial charge in [0.25, 0.3) is 0 Å². The summed E-state index contributed by atoms with van der Waals surface area (Å²) >= 11 is 0. The van der Waals surface area contributed by atoms with Crippen molar-refractivity contribution < 1.29 is 47.2 Å². The molecule has 0 spiro atoms. The minimum Gasteiger partial charge on any atom is -0.486 e. The zero-order valence-electron chi connectivity index (χ0n) is 45.6. The van der Waals surface area contributed by atoms with Gasteiger partial charge in [0.2, 0.25) is 11.8 Å². The number of alkyl halides is 3. The number of aliphatic hydroxyl groups is 2. The number of rotatable bonds is 17. The van der Waals surface area contributed by atoms with Crippen LogP contribution in [0.3, 0.4) is 0 Å². The fraction of sp³-hybridized carbons (Fsp3) is 0.441. The Labute approximate surface area is 470 Å². The number of ether oxygens (including phenoxy) is 3. The monoisotopic (exact) mass is 1120 g/mol. The number of hydrogen-bond acceptors (Lipinski definition) is 17. The Balaban J connectivity index is 0.830. The van der Waals surface area contributed by atoms with Gasteiger partial charge in [0.15, 0.2) is 5.75 Å². The Morgan fingerprint density at radius 2 is 1.71 bits per heavy atom. The molecule has 7 aromatic rings. The number of aromatic nitrogens is 8. The van der Waals surface area contributed by atoms with Crippen LogP contribution >= 0.6 is 0 Å². The highest BCUT2D eigenvalue weighted by Crippen LogP contribution is 2.54. The molecule has 23 heteroatoms. The molecule has 8 heterocycles. The van der Waals surface area contributed by atoms with Gasteiger partial charge >= 0.3 is 12.2 Å². The van der Waals surface area contributed by atoms with Gasteiger partial charge in [-0.15, -0.1) is 5.10 Å². The number of carbonyl (C=O) groups is 2. The first kappa shape index (κ1) is 54.7. The largest absolute Gasteiger partial charge is 0.486 e. The van der Waals surface area contributed by atoms with Crippen molar-refractivity contribution in [2.75, 3.05) is 50.1 Å². The number of pyridine rings is 1. The molecule has 1 aliphatic carbocycles.